The quantitative estimate of drug-likeness (QED) is 0.589. The Morgan fingerprint density at radius 2 is 2.08 bits per heavy atom. The van der Waals surface area contributed by atoms with E-state index in [0.717, 1.165) is 7.11 Å². The molecule has 0 aromatic heterocycles. The zero-order valence-electron chi connectivity index (χ0n) is 7.05. The van der Waals surface area contributed by atoms with E-state index in [0.29, 0.717) is 0 Å². The molecule has 0 aliphatic rings. The molecule has 78 valence electrons. The third kappa shape index (κ3) is 3.77. The second-order valence-corrected chi connectivity index (χ2v) is 4.43. The van der Waals surface area contributed by atoms with Crippen LogP contribution in [-0.4, -0.2) is 34.2 Å². The van der Waals surface area contributed by atoms with Crippen LogP contribution in [0.25, 0.3) is 0 Å². The van der Waals surface area contributed by atoms with E-state index in [-0.39, 0.29) is 0 Å². The first-order valence-corrected chi connectivity index (χ1v) is 4.56. The van der Waals surface area contributed by atoms with E-state index in [2.05, 4.69) is 4.74 Å². The maximum Gasteiger partial charge on any atom is 0.408 e. The molecule has 0 aromatic rings. The second-order valence-electron chi connectivity index (χ2n) is 2.33. The Balaban J connectivity index is 4.24. The van der Waals surface area contributed by atoms with E-state index in [1.807, 2.05) is 5.32 Å². The average molecular weight is 251 g/mol. The number of alkyl halides is 3. The Bertz CT molecular complexity index is 186. The number of ether oxygens (including phenoxy) is 1. The minimum atomic E-state index is -1.66. The zero-order valence-corrected chi connectivity index (χ0v) is 9.32. The van der Waals surface area contributed by atoms with E-state index < -0.39 is 22.0 Å². The van der Waals surface area contributed by atoms with Gasteiger partial charge in [-0.1, -0.05) is 23.2 Å². The highest BCUT2D eigenvalue weighted by atomic mass is 35.5. The molecule has 0 heterocycles. The van der Waals surface area contributed by atoms with Gasteiger partial charge in [0.25, 0.3) is 0 Å². The zero-order chi connectivity index (χ0) is 10.6. The molecule has 0 aliphatic carbocycles. The van der Waals surface area contributed by atoms with Gasteiger partial charge in [-0.25, -0.2) is 4.79 Å². The number of aliphatic hydroxyl groups excluding tert-OH is 1. The van der Waals surface area contributed by atoms with Crippen molar-refractivity contribution in [1.29, 1.82) is 0 Å². The van der Waals surface area contributed by atoms with E-state index in [1.54, 1.807) is 0 Å². The van der Waals surface area contributed by atoms with E-state index in [9.17, 15) is 9.90 Å². The molecular weight excluding hydrogens is 240 g/mol. The summed E-state index contributed by atoms with van der Waals surface area (Å²) in [5.41, 5.74) is 0. The van der Waals surface area contributed by atoms with Gasteiger partial charge in [0.15, 0.2) is 10.6 Å². The topological polar surface area (TPSA) is 58.6 Å². The van der Waals surface area contributed by atoms with Crippen molar-refractivity contribution in [3.63, 3.8) is 0 Å². The van der Waals surface area contributed by atoms with E-state index in [4.69, 9.17) is 34.8 Å². The minimum absolute atomic E-state index is 0.733. The van der Waals surface area contributed by atoms with E-state index in [1.165, 1.54) is 6.92 Å². The van der Waals surface area contributed by atoms with Crippen molar-refractivity contribution in [3.05, 3.63) is 0 Å². The third-order valence-corrected chi connectivity index (χ3v) is 2.97. The number of hydrogen-bond acceptors (Lipinski definition) is 3. The number of carbonyl (C=O) groups excluding carboxylic acids is 1. The standard InChI is InChI=1S/C6H10Cl3NO3/c1-3(7)6(8,9)4(11)10-5(12)13-2/h3-4,11H,1-2H3,(H,10,12). The summed E-state index contributed by atoms with van der Waals surface area (Å²) in [5.74, 6) is 0. The van der Waals surface area contributed by atoms with Gasteiger partial charge in [-0.05, 0) is 6.92 Å². The summed E-state index contributed by atoms with van der Waals surface area (Å²) in [5, 5.41) is 10.6. The van der Waals surface area contributed by atoms with Crippen LogP contribution in [0.5, 0.6) is 0 Å². The number of amides is 1. The van der Waals surface area contributed by atoms with Crippen molar-refractivity contribution in [2.75, 3.05) is 7.11 Å². The Hall–Kier alpha value is 0.1000. The summed E-state index contributed by atoms with van der Waals surface area (Å²) in [6.07, 6.45) is -2.33. The fourth-order valence-corrected chi connectivity index (χ4v) is 0.713. The SMILES string of the molecule is COC(=O)NC(O)C(Cl)(Cl)C(C)Cl. The summed E-state index contributed by atoms with van der Waals surface area (Å²) < 4.78 is 2.57. The van der Waals surface area contributed by atoms with Gasteiger partial charge >= 0.3 is 6.09 Å². The number of aliphatic hydroxyl groups is 1. The van der Waals surface area contributed by atoms with Crippen LogP contribution < -0.4 is 5.32 Å². The smallest absolute Gasteiger partial charge is 0.408 e. The fraction of sp³-hybridized carbons (Fsp3) is 0.833. The normalized spacial score (nSPS) is 16.2. The van der Waals surface area contributed by atoms with Gasteiger partial charge in [0.1, 0.15) is 0 Å². The number of hydrogen-bond donors (Lipinski definition) is 2. The van der Waals surface area contributed by atoms with Crippen molar-refractivity contribution in [3.8, 4) is 0 Å². The molecule has 2 atom stereocenters. The monoisotopic (exact) mass is 249 g/mol. The summed E-state index contributed by atoms with van der Waals surface area (Å²) in [7, 11) is 1.15. The van der Waals surface area contributed by atoms with E-state index >= 15 is 0 Å². The maximum absolute atomic E-state index is 10.6. The van der Waals surface area contributed by atoms with Gasteiger partial charge < -0.3 is 9.84 Å². The lowest BCUT2D eigenvalue weighted by Gasteiger charge is -2.27. The molecule has 0 saturated heterocycles. The highest BCUT2D eigenvalue weighted by Gasteiger charge is 2.39. The summed E-state index contributed by atoms with van der Waals surface area (Å²) >= 11 is 16.8. The van der Waals surface area contributed by atoms with Crippen LogP contribution in [0, 0.1) is 0 Å². The molecular formula is C6H10Cl3NO3. The molecule has 7 heteroatoms. The van der Waals surface area contributed by atoms with Crippen LogP contribution in [0.3, 0.4) is 0 Å². The van der Waals surface area contributed by atoms with Crippen molar-refractivity contribution >= 4 is 40.9 Å². The predicted molar refractivity (Wildman–Crippen MR) is 51.3 cm³/mol. The second kappa shape index (κ2) is 5.10. The minimum Gasteiger partial charge on any atom is -0.453 e. The van der Waals surface area contributed by atoms with Gasteiger partial charge in [-0.15, -0.1) is 11.6 Å². The molecule has 0 aliphatic heterocycles. The summed E-state index contributed by atoms with van der Waals surface area (Å²) in [6.45, 7) is 1.49. The first-order valence-electron chi connectivity index (χ1n) is 3.36. The molecule has 0 saturated carbocycles. The van der Waals surface area contributed by atoms with Gasteiger partial charge in [-0.3, -0.25) is 5.32 Å². The van der Waals surface area contributed by atoms with Gasteiger partial charge in [0.05, 0.1) is 12.5 Å². The Labute approximate surface area is 91.1 Å². The first kappa shape index (κ1) is 13.1. The van der Waals surface area contributed by atoms with Crippen LogP contribution in [0.15, 0.2) is 0 Å². The Morgan fingerprint density at radius 3 is 2.38 bits per heavy atom. The third-order valence-electron chi connectivity index (χ3n) is 1.33. The van der Waals surface area contributed by atoms with Crippen LogP contribution in [-0.2, 0) is 4.74 Å². The fourth-order valence-electron chi connectivity index (χ4n) is 0.484. The van der Waals surface area contributed by atoms with Crippen LogP contribution in [0.4, 0.5) is 4.79 Å². The number of methoxy groups -OCH3 is 1. The number of rotatable bonds is 3. The molecule has 2 N–H and O–H groups in total. The van der Waals surface area contributed by atoms with Crippen LogP contribution >= 0.6 is 34.8 Å². The highest BCUT2D eigenvalue weighted by Crippen LogP contribution is 2.31. The number of alkyl carbamates (subject to hydrolysis) is 1. The number of nitrogens with one attached hydrogen (secondary N) is 1. The molecule has 4 nitrogen and oxygen atoms in total. The summed E-state index contributed by atoms with van der Waals surface area (Å²) in [6, 6.07) is 0. The van der Waals surface area contributed by atoms with Crippen molar-refractivity contribution in [2.45, 2.75) is 22.9 Å². The van der Waals surface area contributed by atoms with Crippen LogP contribution in [0.1, 0.15) is 6.92 Å². The molecule has 0 radical (unpaired) electrons. The van der Waals surface area contributed by atoms with Crippen molar-refractivity contribution in [1.82, 2.24) is 5.32 Å². The molecule has 0 aromatic carbocycles. The van der Waals surface area contributed by atoms with Crippen molar-refractivity contribution in [2.24, 2.45) is 0 Å². The number of halogens is 3. The summed E-state index contributed by atoms with van der Waals surface area (Å²) in [4.78, 5) is 10.6. The van der Waals surface area contributed by atoms with Crippen molar-refractivity contribution < 1.29 is 14.6 Å². The molecule has 0 bridgehead atoms. The van der Waals surface area contributed by atoms with Crippen LogP contribution in [0.2, 0.25) is 0 Å². The molecule has 0 spiro atoms. The van der Waals surface area contributed by atoms with Gasteiger partial charge in [0, 0.05) is 0 Å². The lowest BCUT2D eigenvalue weighted by molar-refractivity contribution is 0.0994. The largest absolute Gasteiger partial charge is 0.453 e. The van der Waals surface area contributed by atoms with Gasteiger partial charge in [-0.2, -0.15) is 0 Å². The van der Waals surface area contributed by atoms with Gasteiger partial charge in [0.2, 0.25) is 0 Å². The Kier molecular flexibility index (Phi) is 5.14. The predicted octanol–water partition coefficient (Wildman–Crippen LogP) is 1.46. The lowest BCUT2D eigenvalue weighted by atomic mass is 10.3. The molecule has 0 fully saturated rings. The lowest BCUT2D eigenvalue weighted by Crippen LogP contribution is -2.50. The molecule has 1 amide bonds. The average Bonchev–Trinajstić information content (AvgIpc) is 2.03. The first-order chi connectivity index (χ1) is 5.82. The molecule has 0 rings (SSSR count). The molecule has 2 unspecified atom stereocenters. The maximum atomic E-state index is 10.6. The Morgan fingerprint density at radius 1 is 1.62 bits per heavy atom. The highest BCUT2D eigenvalue weighted by molar-refractivity contribution is 6.52. The number of carbonyl (C=O) groups is 1. The molecule has 13 heavy (non-hydrogen) atoms.